The van der Waals surface area contributed by atoms with Gasteiger partial charge >= 0.3 is 10.2 Å². The molecular weight excluding hydrogens is 226 g/mol. The van der Waals surface area contributed by atoms with E-state index >= 15 is 0 Å². The first-order valence-electron chi connectivity index (χ1n) is 4.80. The number of rotatable bonds is 2. The number of imidazole rings is 1. The summed E-state index contributed by atoms with van der Waals surface area (Å²) >= 11 is 0. The molecule has 0 aliphatic rings. The Balaban J connectivity index is 2.78. The molecule has 0 radical (unpaired) electrons. The van der Waals surface area contributed by atoms with Crippen LogP contribution in [0.15, 0.2) is 24.5 Å². The third kappa shape index (κ3) is 1.50. The fourth-order valence-corrected chi connectivity index (χ4v) is 2.44. The zero-order valence-corrected chi connectivity index (χ0v) is 10.2. The van der Waals surface area contributed by atoms with Crippen LogP contribution >= 0.6 is 0 Å². The van der Waals surface area contributed by atoms with Crippen molar-refractivity contribution in [3.63, 3.8) is 0 Å². The van der Waals surface area contributed by atoms with E-state index in [9.17, 15) is 8.42 Å². The van der Waals surface area contributed by atoms with Crippen molar-refractivity contribution in [2.24, 2.45) is 0 Å². The minimum Gasteiger partial charge on any atom is -0.235 e. The van der Waals surface area contributed by atoms with Crippen LogP contribution in [0.2, 0.25) is 0 Å². The van der Waals surface area contributed by atoms with Gasteiger partial charge in [0.1, 0.15) is 6.33 Å². The van der Waals surface area contributed by atoms with Gasteiger partial charge in [0.2, 0.25) is 0 Å². The van der Waals surface area contributed by atoms with Crippen molar-refractivity contribution in [2.45, 2.75) is 6.92 Å². The zero-order chi connectivity index (χ0) is 11.9. The lowest BCUT2D eigenvalue weighted by atomic mass is 10.2. The highest BCUT2D eigenvalue weighted by Gasteiger charge is 2.19. The Morgan fingerprint density at radius 2 is 2.00 bits per heavy atom. The summed E-state index contributed by atoms with van der Waals surface area (Å²) in [4.78, 5) is 4.12. The maximum absolute atomic E-state index is 12.0. The number of benzene rings is 1. The number of fused-ring (bicyclic) bond motifs is 1. The molecule has 0 aliphatic carbocycles. The summed E-state index contributed by atoms with van der Waals surface area (Å²) < 4.78 is 26.3. The van der Waals surface area contributed by atoms with Gasteiger partial charge in [-0.15, -0.1) is 0 Å². The molecule has 0 spiro atoms. The summed E-state index contributed by atoms with van der Waals surface area (Å²) in [5.74, 6) is 0. The van der Waals surface area contributed by atoms with Gasteiger partial charge in [-0.05, 0) is 18.6 Å². The molecule has 1 heterocycles. The summed E-state index contributed by atoms with van der Waals surface area (Å²) in [7, 11) is -0.495. The minimum atomic E-state index is -3.49. The minimum absolute atomic E-state index is 0.605. The summed E-state index contributed by atoms with van der Waals surface area (Å²) in [5, 5.41) is 0. The third-order valence-electron chi connectivity index (χ3n) is 2.46. The lowest BCUT2D eigenvalue weighted by Crippen LogP contribution is -2.28. The first-order valence-corrected chi connectivity index (χ1v) is 6.20. The van der Waals surface area contributed by atoms with Crippen LogP contribution in [0.3, 0.4) is 0 Å². The molecule has 0 N–H and O–H groups in total. The summed E-state index contributed by atoms with van der Waals surface area (Å²) in [6.45, 7) is 1.90. The van der Waals surface area contributed by atoms with Gasteiger partial charge in [-0.25, -0.2) is 8.96 Å². The van der Waals surface area contributed by atoms with E-state index in [-0.39, 0.29) is 0 Å². The maximum atomic E-state index is 12.0. The van der Waals surface area contributed by atoms with E-state index < -0.39 is 10.2 Å². The van der Waals surface area contributed by atoms with Gasteiger partial charge in [-0.3, -0.25) is 0 Å². The first kappa shape index (κ1) is 11.1. The molecule has 6 heteroatoms. The normalized spacial score (nSPS) is 12.5. The number of nitrogens with zero attached hydrogens (tertiary/aromatic N) is 3. The number of aryl methyl sites for hydroxylation is 1. The van der Waals surface area contributed by atoms with E-state index in [1.807, 2.05) is 19.1 Å². The van der Waals surface area contributed by atoms with Crippen molar-refractivity contribution in [3.8, 4) is 0 Å². The number of para-hydroxylation sites is 1. The highest BCUT2D eigenvalue weighted by atomic mass is 32.2. The van der Waals surface area contributed by atoms with Gasteiger partial charge < -0.3 is 0 Å². The molecular formula is C10H13N3O2S. The van der Waals surface area contributed by atoms with Crippen LogP contribution in [0.5, 0.6) is 0 Å². The van der Waals surface area contributed by atoms with Crippen molar-refractivity contribution in [1.29, 1.82) is 0 Å². The molecule has 2 rings (SSSR count). The van der Waals surface area contributed by atoms with Crippen LogP contribution in [0.1, 0.15) is 5.56 Å². The van der Waals surface area contributed by atoms with Crippen molar-refractivity contribution in [2.75, 3.05) is 14.1 Å². The molecule has 0 fully saturated rings. The number of hydrogen-bond donors (Lipinski definition) is 0. The summed E-state index contributed by atoms with van der Waals surface area (Å²) in [6, 6.07) is 5.47. The lowest BCUT2D eigenvalue weighted by molar-refractivity contribution is 0.512. The second-order valence-electron chi connectivity index (χ2n) is 3.77. The van der Waals surface area contributed by atoms with E-state index in [1.54, 1.807) is 6.07 Å². The van der Waals surface area contributed by atoms with E-state index in [0.717, 1.165) is 9.87 Å². The number of hydrogen-bond acceptors (Lipinski definition) is 3. The largest absolute Gasteiger partial charge is 0.308 e. The molecule has 2 aromatic rings. The topological polar surface area (TPSA) is 55.2 Å². The highest BCUT2D eigenvalue weighted by Crippen LogP contribution is 2.18. The Kier molecular flexibility index (Phi) is 2.47. The van der Waals surface area contributed by atoms with Crippen molar-refractivity contribution in [3.05, 3.63) is 30.1 Å². The van der Waals surface area contributed by atoms with Crippen LogP contribution in [-0.4, -0.2) is 35.8 Å². The third-order valence-corrected chi connectivity index (χ3v) is 4.17. The Bertz CT molecular complexity index is 629. The van der Waals surface area contributed by atoms with Crippen molar-refractivity contribution < 1.29 is 8.42 Å². The van der Waals surface area contributed by atoms with Gasteiger partial charge in [-0.2, -0.15) is 12.7 Å². The van der Waals surface area contributed by atoms with Crippen LogP contribution in [0.25, 0.3) is 11.0 Å². The Morgan fingerprint density at radius 3 is 2.62 bits per heavy atom. The number of aromatic nitrogens is 2. The molecule has 0 aliphatic heterocycles. The SMILES string of the molecule is Cc1cccc2c1ncn2S(=O)(=O)N(C)C. The molecule has 1 aromatic carbocycles. The summed E-state index contributed by atoms with van der Waals surface area (Å²) in [5.41, 5.74) is 2.28. The molecule has 0 amide bonds. The molecule has 1 aromatic heterocycles. The van der Waals surface area contributed by atoms with Crippen LogP contribution in [-0.2, 0) is 10.2 Å². The second-order valence-corrected chi connectivity index (χ2v) is 5.79. The first-order chi connectivity index (χ1) is 7.44. The van der Waals surface area contributed by atoms with Gasteiger partial charge in [-0.1, -0.05) is 12.1 Å². The second kappa shape index (κ2) is 3.57. The van der Waals surface area contributed by atoms with Crippen molar-refractivity contribution >= 4 is 21.2 Å². The molecule has 5 nitrogen and oxygen atoms in total. The fraction of sp³-hybridized carbons (Fsp3) is 0.300. The summed E-state index contributed by atoms with van der Waals surface area (Å²) in [6.07, 6.45) is 1.34. The maximum Gasteiger partial charge on any atom is 0.308 e. The molecule has 86 valence electrons. The van der Waals surface area contributed by atoms with Crippen LogP contribution in [0.4, 0.5) is 0 Å². The molecule has 16 heavy (non-hydrogen) atoms. The average Bonchev–Trinajstić information content (AvgIpc) is 2.63. The Hall–Kier alpha value is -1.40. The van der Waals surface area contributed by atoms with Gasteiger partial charge in [0, 0.05) is 14.1 Å². The van der Waals surface area contributed by atoms with E-state index in [0.29, 0.717) is 11.0 Å². The monoisotopic (exact) mass is 239 g/mol. The smallest absolute Gasteiger partial charge is 0.235 e. The molecule has 0 saturated heterocycles. The Morgan fingerprint density at radius 1 is 1.31 bits per heavy atom. The van der Waals surface area contributed by atoms with E-state index in [2.05, 4.69) is 4.98 Å². The molecule has 0 saturated carbocycles. The zero-order valence-electron chi connectivity index (χ0n) is 9.38. The predicted molar refractivity (Wildman–Crippen MR) is 62.5 cm³/mol. The average molecular weight is 239 g/mol. The Labute approximate surface area is 94.5 Å². The highest BCUT2D eigenvalue weighted by molar-refractivity contribution is 7.87. The van der Waals surface area contributed by atoms with Gasteiger partial charge in [0.25, 0.3) is 0 Å². The quantitative estimate of drug-likeness (QED) is 0.785. The van der Waals surface area contributed by atoms with Crippen molar-refractivity contribution in [1.82, 2.24) is 13.3 Å². The van der Waals surface area contributed by atoms with E-state index in [1.165, 1.54) is 24.4 Å². The molecule has 0 unspecified atom stereocenters. The fourth-order valence-electron chi connectivity index (χ4n) is 1.52. The van der Waals surface area contributed by atoms with Gasteiger partial charge in [0.15, 0.2) is 0 Å². The van der Waals surface area contributed by atoms with Gasteiger partial charge in [0.05, 0.1) is 11.0 Å². The van der Waals surface area contributed by atoms with E-state index in [4.69, 9.17) is 0 Å². The molecule has 0 bridgehead atoms. The predicted octanol–water partition coefficient (Wildman–Crippen LogP) is 0.999. The van der Waals surface area contributed by atoms with Crippen LogP contribution < -0.4 is 0 Å². The molecule has 0 atom stereocenters. The lowest BCUT2D eigenvalue weighted by Gasteiger charge is -2.12. The van der Waals surface area contributed by atoms with Crippen LogP contribution in [0, 0.1) is 6.92 Å². The standard InChI is InChI=1S/C10H13N3O2S/c1-8-5-4-6-9-10(8)11-7-13(9)16(14,15)12(2)3/h4-7H,1-3H3.